The lowest BCUT2D eigenvalue weighted by Crippen LogP contribution is -2.25. The van der Waals surface area contributed by atoms with Gasteiger partial charge in [0.05, 0.1) is 19.3 Å². The number of carbonyl (C=O) groups excluding carboxylic acids is 1. The number of nitrogens with zero attached hydrogens (tertiary/aromatic N) is 3. The molecule has 1 aromatic carbocycles. The van der Waals surface area contributed by atoms with Crippen LogP contribution in [0.15, 0.2) is 54.7 Å². The van der Waals surface area contributed by atoms with Crippen molar-refractivity contribution in [2.24, 2.45) is 0 Å². The molecule has 2 heterocycles. The largest absolute Gasteiger partial charge is 0.496 e. The Bertz CT molecular complexity index is 931. The van der Waals surface area contributed by atoms with Gasteiger partial charge in [-0.05, 0) is 43.2 Å². The number of hydrogen-bond donors (Lipinski definition) is 2. The van der Waals surface area contributed by atoms with Crippen LogP contribution in [-0.2, 0) is 13.0 Å². The van der Waals surface area contributed by atoms with Crippen molar-refractivity contribution in [3.05, 3.63) is 77.4 Å². The van der Waals surface area contributed by atoms with E-state index in [1.165, 1.54) is 0 Å². The second-order valence-corrected chi connectivity index (χ2v) is 6.21. The average Bonchev–Trinajstić information content (AvgIpc) is 2.72. The number of para-hydroxylation sites is 1. The predicted octanol–water partition coefficient (Wildman–Crippen LogP) is 2.77. The van der Waals surface area contributed by atoms with Crippen molar-refractivity contribution < 1.29 is 9.53 Å². The molecule has 0 bridgehead atoms. The van der Waals surface area contributed by atoms with Gasteiger partial charge in [-0.1, -0.05) is 24.3 Å². The lowest BCUT2D eigenvalue weighted by Gasteiger charge is -2.10. The van der Waals surface area contributed by atoms with Gasteiger partial charge < -0.3 is 15.4 Å². The first kappa shape index (κ1) is 19.3. The van der Waals surface area contributed by atoms with Crippen LogP contribution in [-0.4, -0.2) is 34.5 Å². The fourth-order valence-electron chi connectivity index (χ4n) is 2.75. The zero-order chi connectivity index (χ0) is 19.8. The third-order valence-corrected chi connectivity index (χ3v) is 4.11. The minimum absolute atomic E-state index is 0.260. The van der Waals surface area contributed by atoms with Crippen molar-refractivity contribution in [2.75, 3.05) is 19.0 Å². The molecule has 3 rings (SSSR count). The van der Waals surface area contributed by atoms with Crippen molar-refractivity contribution >= 4 is 11.9 Å². The number of ether oxygens (including phenoxy) is 1. The van der Waals surface area contributed by atoms with Crippen molar-refractivity contribution in [1.82, 2.24) is 20.3 Å². The van der Waals surface area contributed by atoms with Crippen LogP contribution in [0, 0.1) is 6.92 Å². The number of anilines is 1. The quantitative estimate of drug-likeness (QED) is 0.627. The fraction of sp³-hybridized carbons (Fsp3) is 0.238. The molecule has 144 valence electrons. The first-order chi connectivity index (χ1) is 13.7. The summed E-state index contributed by atoms with van der Waals surface area (Å²) >= 11 is 0. The molecule has 0 aliphatic carbocycles. The van der Waals surface area contributed by atoms with E-state index in [-0.39, 0.29) is 5.91 Å². The van der Waals surface area contributed by atoms with E-state index in [4.69, 9.17) is 4.74 Å². The molecule has 0 fully saturated rings. The number of aromatic nitrogens is 3. The number of benzene rings is 1. The Balaban J connectivity index is 1.60. The van der Waals surface area contributed by atoms with Gasteiger partial charge in [0.1, 0.15) is 11.4 Å². The van der Waals surface area contributed by atoms with Crippen LogP contribution in [0.25, 0.3) is 0 Å². The zero-order valence-electron chi connectivity index (χ0n) is 16.0. The molecule has 0 radical (unpaired) electrons. The number of pyridine rings is 1. The summed E-state index contributed by atoms with van der Waals surface area (Å²) in [7, 11) is 1.66. The Hall–Kier alpha value is -3.48. The highest BCUT2D eigenvalue weighted by atomic mass is 16.5. The summed E-state index contributed by atoms with van der Waals surface area (Å²) < 4.78 is 5.36. The lowest BCUT2D eigenvalue weighted by molar-refractivity contribution is 0.0945. The Kier molecular flexibility index (Phi) is 6.51. The summed E-state index contributed by atoms with van der Waals surface area (Å²) in [5.74, 6) is 1.02. The van der Waals surface area contributed by atoms with Crippen LogP contribution in [0.5, 0.6) is 5.75 Å². The zero-order valence-corrected chi connectivity index (χ0v) is 16.0. The fourth-order valence-corrected chi connectivity index (χ4v) is 2.75. The van der Waals surface area contributed by atoms with Crippen molar-refractivity contribution in [3.8, 4) is 5.75 Å². The maximum atomic E-state index is 12.4. The van der Waals surface area contributed by atoms with Crippen LogP contribution in [0.2, 0.25) is 0 Å². The topological polar surface area (TPSA) is 89.0 Å². The van der Waals surface area contributed by atoms with E-state index in [0.29, 0.717) is 24.7 Å². The number of amides is 1. The molecule has 28 heavy (non-hydrogen) atoms. The molecule has 0 unspecified atom stereocenters. The van der Waals surface area contributed by atoms with Crippen molar-refractivity contribution in [2.45, 2.75) is 19.9 Å². The van der Waals surface area contributed by atoms with Gasteiger partial charge in [0, 0.05) is 18.4 Å². The molecular formula is C21H23N5O2. The number of nitrogens with one attached hydrogen (secondary N) is 2. The van der Waals surface area contributed by atoms with E-state index in [1.807, 2.05) is 49.4 Å². The highest BCUT2D eigenvalue weighted by Crippen LogP contribution is 2.17. The Labute approximate surface area is 164 Å². The summed E-state index contributed by atoms with van der Waals surface area (Å²) in [6.07, 6.45) is 2.45. The summed E-state index contributed by atoms with van der Waals surface area (Å²) in [6, 6.07) is 15.1. The molecule has 7 heteroatoms. The second kappa shape index (κ2) is 9.45. The van der Waals surface area contributed by atoms with Crippen LogP contribution in [0.3, 0.4) is 0 Å². The summed E-state index contributed by atoms with van der Waals surface area (Å²) in [5.41, 5.74) is 2.93. The predicted molar refractivity (Wildman–Crippen MR) is 107 cm³/mol. The highest BCUT2D eigenvalue weighted by molar-refractivity contribution is 5.92. The molecule has 0 saturated heterocycles. The summed E-state index contributed by atoms with van der Waals surface area (Å²) in [6.45, 7) is 2.81. The molecular weight excluding hydrogens is 354 g/mol. The van der Waals surface area contributed by atoms with E-state index >= 15 is 0 Å². The number of hydrogen-bond acceptors (Lipinski definition) is 6. The van der Waals surface area contributed by atoms with Gasteiger partial charge in [-0.15, -0.1) is 0 Å². The van der Waals surface area contributed by atoms with Gasteiger partial charge in [-0.2, -0.15) is 0 Å². The van der Waals surface area contributed by atoms with Crippen LogP contribution in [0.1, 0.15) is 27.4 Å². The second-order valence-electron chi connectivity index (χ2n) is 6.21. The van der Waals surface area contributed by atoms with Gasteiger partial charge in [0.2, 0.25) is 5.95 Å². The summed E-state index contributed by atoms with van der Waals surface area (Å²) in [5, 5.41) is 6.01. The molecule has 7 nitrogen and oxygen atoms in total. The summed E-state index contributed by atoms with van der Waals surface area (Å²) in [4.78, 5) is 25.3. The Morgan fingerprint density at radius 2 is 1.93 bits per heavy atom. The van der Waals surface area contributed by atoms with Gasteiger partial charge in [-0.25, -0.2) is 9.97 Å². The number of carbonyl (C=O) groups is 1. The van der Waals surface area contributed by atoms with Gasteiger partial charge >= 0.3 is 0 Å². The molecule has 3 aromatic rings. The van der Waals surface area contributed by atoms with Gasteiger partial charge in [0.25, 0.3) is 5.91 Å². The van der Waals surface area contributed by atoms with E-state index in [0.717, 1.165) is 29.1 Å². The van der Waals surface area contributed by atoms with Crippen LogP contribution < -0.4 is 15.4 Å². The van der Waals surface area contributed by atoms with E-state index < -0.39 is 0 Å². The molecule has 0 atom stereocenters. The first-order valence-electron chi connectivity index (χ1n) is 9.05. The van der Waals surface area contributed by atoms with Gasteiger partial charge in [-0.3, -0.25) is 9.78 Å². The van der Waals surface area contributed by atoms with Gasteiger partial charge in [0.15, 0.2) is 0 Å². The Morgan fingerprint density at radius 3 is 2.71 bits per heavy atom. The molecule has 2 N–H and O–H groups in total. The average molecular weight is 377 g/mol. The number of rotatable bonds is 8. The van der Waals surface area contributed by atoms with E-state index in [1.54, 1.807) is 19.4 Å². The molecule has 0 spiro atoms. The molecule has 2 aromatic heterocycles. The molecule has 0 aliphatic heterocycles. The van der Waals surface area contributed by atoms with Crippen LogP contribution in [0.4, 0.5) is 5.95 Å². The Morgan fingerprint density at radius 1 is 1.11 bits per heavy atom. The maximum absolute atomic E-state index is 12.4. The number of aryl methyl sites for hydroxylation is 1. The molecule has 0 saturated carbocycles. The van der Waals surface area contributed by atoms with E-state index in [9.17, 15) is 4.79 Å². The van der Waals surface area contributed by atoms with Crippen molar-refractivity contribution in [1.29, 1.82) is 0 Å². The van der Waals surface area contributed by atoms with Crippen molar-refractivity contribution in [3.63, 3.8) is 0 Å². The minimum Gasteiger partial charge on any atom is -0.496 e. The maximum Gasteiger partial charge on any atom is 0.270 e. The lowest BCUT2D eigenvalue weighted by atomic mass is 10.1. The first-order valence-corrected chi connectivity index (χ1v) is 9.05. The smallest absolute Gasteiger partial charge is 0.270 e. The molecule has 1 amide bonds. The van der Waals surface area contributed by atoms with Crippen LogP contribution >= 0.6 is 0 Å². The van der Waals surface area contributed by atoms with E-state index in [2.05, 4.69) is 25.6 Å². The number of methoxy groups -OCH3 is 1. The minimum atomic E-state index is -0.260. The highest BCUT2D eigenvalue weighted by Gasteiger charge is 2.11. The normalized spacial score (nSPS) is 10.4. The third kappa shape index (κ3) is 5.26. The third-order valence-electron chi connectivity index (χ3n) is 4.11. The molecule has 0 aliphatic rings. The monoisotopic (exact) mass is 377 g/mol. The SMILES string of the molecule is COc1ccccc1CCNc1nc(C)cc(C(=O)NCc2ccccn2)n1. The standard InChI is InChI=1S/C21H23N5O2/c1-15-13-18(20(27)24-14-17-8-5-6-11-22-17)26-21(25-15)23-12-10-16-7-3-4-9-19(16)28-2/h3-9,11,13H,10,12,14H2,1-2H3,(H,24,27)(H,23,25,26).